The Hall–Kier alpha value is -0.530. The van der Waals surface area contributed by atoms with Crippen LogP contribution in [0.2, 0.25) is 0 Å². The maximum absolute atomic E-state index is 11.0. The largest absolute Gasteiger partial charge is 0.464 e. The number of cyclic esters (lactones) is 1. The van der Waals surface area contributed by atoms with E-state index in [2.05, 4.69) is 13.8 Å². The van der Waals surface area contributed by atoms with E-state index >= 15 is 0 Å². The first-order valence-corrected chi connectivity index (χ1v) is 3.92. The standard InChI is InChI=1S/C8H14O2/c1-3-5-8(4-2)6-10-7(8)9/h3-6H2,1-2H3. The van der Waals surface area contributed by atoms with Crippen LogP contribution in [0, 0.1) is 5.41 Å². The number of carbonyl (C=O) groups is 1. The van der Waals surface area contributed by atoms with E-state index < -0.39 is 0 Å². The van der Waals surface area contributed by atoms with Gasteiger partial charge in [0.1, 0.15) is 12.0 Å². The van der Waals surface area contributed by atoms with E-state index in [9.17, 15) is 4.79 Å². The number of esters is 1. The summed E-state index contributed by atoms with van der Waals surface area (Å²) in [6.45, 7) is 4.80. The van der Waals surface area contributed by atoms with Gasteiger partial charge >= 0.3 is 5.97 Å². The molecule has 1 unspecified atom stereocenters. The van der Waals surface area contributed by atoms with E-state index in [-0.39, 0.29) is 11.4 Å². The SMILES string of the molecule is CCCC1(CC)COC1=O. The molecule has 0 aromatic carbocycles. The van der Waals surface area contributed by atoms with Gasteiger partial charge in [0.15, 0.2) is 0 Å². The van der Waals surface area contributed by atoms with Crippen LogP contribution >= 0.6 is 0 Å². The van der Waals surface area contributed by atoms with Crippen LogP contribution in [0.4, 0.5) is 0 Å². The van der Waals surface area contributed by atoms with E-state index in [4.69, 9.17) is 4.74 Å². The highest BCUT2D eigenvalue weighted by atomic mass is 16.6. The number of hydrogen-bond acceptors (Lipinski definition) is 2. The van der Waals surface area contributed by atoms with Crippen LogP contribution in [0.1, 0.15) is 33.1 Å². The van der Waals surface area contributed by atoms with Crippen LogP contribution in [-0.2, 0) is 9.53 Å². The second-order valence-electron chi connectivity index (χ2n) is 2.96. The van der Waals surface area contributed by atoms with Gasteiger partial charge in [0, 0.05) is 0 Å². The zero-order valence-electron chi connectivity index (χ0n) is 6.64. The molecule has 0 spiro atoms. The Labute approximate surface area is 61.6 Å². The fourth-order valence-corrected chi connectivity index (χ4v) is 1.41. The van der Waals surface area contributed by atoms with Crippen LogP contribution in [0.15, 0.2) is 0 Å². The van der Waals surface area contributed by atoms with Gasteiger partial charge in [-0.3, -0.25) is 4.79 Å². The lowest BCUT2D eigenvalue weighted by Crippen LogP contribution is -2.47. The molecular formula is C8H14O2. The van der Waals surface area contributed by atoms with E-state index in [1.165, 1.54) is 0 Å². The van der Waals surface area contributed by atoms with Gasteiger partial charge < -0.3 is 4.74 Å². The maximum Gasteiger partial charge on any atom is 0.315 e. The van der Waals surface area contributed by atoms with E-state index in [0.29, 0.717) is 6.61 Å². The average Bonchev–Trinajstić information content (AvgIpc) is 1.97. The van der Waals surface area contributed by atoms with Crippen molar-refractivity contribution in [1.82, 2.24) is 0 Å². The number of carbonyl (C=O) groups excluding carboxylic acids is 1. The van der Waals surface area contributed by atoms with Crippen LogP contribution in [-0.4, -0.2) is 12.6 Å². The van der Waals surface area contributed by atoms with Crippen LogP contribution in [0.3, 0.4) is 0 Å². The molecule has 1 aliphatic heterocycles. The molecule has 1 atom stereocenters. The number of ether oxygens (including phenoxy) is 1. The highest BCUT2D eigenvalue weighted by Gasteiger charge is 2.46. The molecule has 0 amide bonds. The Morgan fingerprint density at radius 2 is 2.30 bits per heavy atom. The molecule has 0 saturated carbocycles. The van der Waals surface area contributed by atoms with Crippen molar-refractivity contribution in [2.24, 2.45) is 5.41 Å². The zero-order chi connectivity index (χ0) is 7.61. The summed E-state index contributed by atoms with van der Waals surface area (Å²) in [6.07, 6.45) is 2.99. The minimum atomic E-state index is -0.0885. The summed E-state index contributed by atoms with van der Waals surface area (Å²) in [5.74, 6) is 0.0110. The fraction of sp³-hybridized carbons (Fsp3) is 0.875. The second-order valence-corrected chi connectivity index (χ2v) is 2.96. The topological polar surface area (TPSA) is 26.3 Å². The molecule has 0 aromatic heterocycles. The lowest BCUT2D eigenvalue weighted by atomic mass is 9.78. The molecule has 1 rings (SSSR count). The number of rotatable bonds is 3. The van der Waals surface area contributed by atoms with Gasteiger partial charge in [-0.2, -0.15) is 0 Å². The normalized spacial score (nSPS) is 31.2. The molecule has 1 aliphatic rings. The molecule has 58 valence electrons. The van der Waals surface area contributed by atoms with Gasteiger partial charge in [-0.25, -0.2) is 0 Å². The third-order valence-corrected chi connectivity index (χ3v) is 2.32. The highest BCUT2D eigenvalue weighted by Crippen LogP contribution is 2.37. The summed E-state index contributed by atoms with van der Waals surface area (Å²) < 4.78 is 4.75. The zero-order valence-corrected chi connectivity index (χ0v) is 6.64. The number of hydrogen-bond donors (Lipinski definition) is 0. The molecule has 0 N–H and O–H groups in total. The lowest BCUT2D eigenvalue weighted by Gasteiger charge is -2.38. The predicted molar refractivity (Wildman–Crippen MR) is 38.6 cm³/mol. The summed E-state index contributed by atoms with van der Waals surface area (Å²) in [7, 11) is 0. The fourth-order valence-electron chi connectivity index (χ4n) is 1.41. The van der Waals surface area contributed by atoms with Crippen molar-refractivity contribution in [2.45, 2.75) is 33.1 Å². The Morgan fingerprint density at radius 1 is 1.60 bits per heavy atom. The van der Waals surface area contributed by atoms with E-state index in [1.807, 2.05) is 0 Å². The van der Waals surface area contributed by atoms with E-state index in [1.54, 1.807) is 0 Å². The summed E-state index contributed by atoms with van der Waals surface area (Å²) in [6, 6.07) is 0. The molecule has 0 aromatic rings. The van der Waals surface area contributed by atoms with Crippen LogP contribution in [0.25, 0.3) is 0 Å². The van der Waals surface area contributed by atoms with Gasteiger partial charge in [-0.15, -0.1) is 0 Å². The minimum absolute atomic E-state index is 0.0110. The van der Waals surface area contributed by atoms with Crippen molar-refractivity contribution >= 4 is 5.97 Å². The molecule has 0 aliphatic carbocycles. The quantitative estimate of drug-likeness (QED) is 0.561. The third-order valence-electron chi connectivity index (χ3n) is 2.32. The van der Waals surface area contributed by atoms with Gasteiger partial charge in [-0.1, -0.05) is 20.3 Å². The van der Waals surface area contributed by atoms with Crippen molar-refractivity contribution in [1.29, 1.82) is 0 Å². The molecule has 1 saturated heterocycles. The molecule has 0 bridgehead atoms. The first-order chi connectivity index (χ1) is 4.75. The molecule has 1 heterocycles. The molecule has 2 nitrogen and oxygen atoms in total. The summed E-state index contributed by atoms with van der Waals surface area (Å²) in [4.78, 5) is 11.0. The molecule has 2 heteroatoms. The molecule has 1 fully saturated rings. The van der Waals surface area contributed by atoms with Crippen LogP contribution in [0.5, 0.6) is 0 Å². The average molecular weight is 142 g/mol. The Kier molecular flexibility index (Phi) is 1.97. The van der Waals surface area contributed by atoms with Gasteiger partial charge in [0.05, 0.1) is 0 Å². The smallest absolute Gasteiger partial charge is 0.315 e. The van der Waals surface area contributed by atoms with Crippen LogP contribution < -0.4 is 0 Å². The van der Waals surface area contributed by atoms with Crippen molar-refractivity contribution in [2.75, 3.05) is 6.61 Å². The summed E-state index contributed by atoms with van der Waals surface area (Å²) in [5, 5.41) is 0. The minimum Gasteiger partial charge on any atom is -0.464 e. The second kappa shape index (κ2) is 2.60. The van der Waals surface area contributed by atoms with Crippen molar-refractivity contribution in [3.8, 4) is 0 Å². The third kappa shape index (κ3) is 0.917. The van der Waals surface area contributed by atoms with Gasteiger partial charge in [-0.05, 0) is 12.8 Å². The first-order valence-electron chi connectivity index (χ1n) is 3.92. The molecular weight excluding hydrogens is 128 g/mol. The van der Waals surface area contributed by atoms with Crippen molar-refractivity contribution in [3.05, 3.63) is 0 Å². The lowest BCUT2D eigenvalue weighted by molar-refractivity contribution is -0.187. The summed E-state index contributed by atoms with van der Waals surface area (Å²) >= 11 is 0. The Balaban J connectivity index is 2.51. The van der Waals surface area contributed by atoms with Gasteiger partial charge in [0.25, 0.3) is 0 Å². The highest BCUT2D eigenvalue weighted by molar-refractivity contribution is 5.81. The first kappa shape index (κ1) is 7.58. The van der Waals surface area contributed by atoms with Crippen molar-refractivity contribution in [3.63, 3.8) is 0 Å². The molecule has 0 radical (unpaired) electrons. The predicted octanol–water partition coefficient (Wildman–Crippen LogP) is 1.74. The summed E-state index contributed by atoms with van der Waals surface area (Å²) in [5.41, 5.74) is -0.0885. The van der Waals surface area contributed by atoms with Gasteiger partial charge in [0.2, 0.25) is 0 Å². The van der Waals surface area contributed by atoms with E-state index in [0.717, 1.165) is 19.3 Å². The molecule has 10 heavy (non-hydrogen) atoms. The Bertz CT molecular complexity index is 138. The monoisotopic (exact) mass is 142 g/mol. The van der Waals surface area contributed by atoms with Crippen molar-refractivity contribution < 1.29 is 9.53 Å². The maximum atomic E-state index is 11.0. The Morgan fingerprint density at radius 3 is 2.40 bits per heavy atom.